The summed E-state index contributed by atoms with van der Waals surface area (Å²) < 4.78 is 0. The number of nitro benzene ring substituents is 1. The topological polar surface area (TPSA) is 127 Å². The van der Waals surface area contributed by atoms with Crippen molar-refractivity contribution in [3.8, 4) is 0 Å². The molecule has 0 saturated carbocycles. The lowest BCUT2D eigenvalue weighted by Crippen LogP contribution is -2.30. The number of pyridine rings is 2. The number of benzene rings is 1. The first kappa shape index (κ1) is 18.9. The number of carbonyl (C=O) groups is 2. The number of aliphatic hydroxyl groups is 1. The molecular weight excluding hydrogens is 388 g/mol. The highest BCUT2D eigenvalue weighted by Crippen LogP contribution is 2.41. The molecule has 1 atom stereocenters. The highest BCUT2D eigenvalue weighted by atomic mass is 16.6. The summed E-state index contributed by atoms with van der Waals surface area (Å²) in [6.07, 6.45) is 4.54. The van der Waals surface area contributed by atoms with E-state index in [0.29, 0.717) is 5.56 Å². The average Bonchev–Trinajstić information content (AvgIpc) is 3.05. The third-order valence-electron chi connectivity index (χ3n) is 4.69. The Morgan fingerprint density at radius 1 is 1.03 bits per heavy atom. The van der Waals surface area contributed by atoms with Gasteiger partial charge in [-0.05, 0) is 35.9 Å². The van der Waals surface area contributed by atoms with E-state index in [2.05, 4.69) is 9.97 Å². The molecule has 1 amide bonds. The van der Waals surface area contributed by atoms with Gasteiger partial charge in [-0.3, -0.25) is 29.6 Å². The summed E-state index contributed by atoms with van der Waals surface area (Å²) in [7, 11) is 0. The fraction of sp³-hybridized carbons (Fsp3) is 0.0476. The maximum absolute atomic E-state index is 12.9. The summed E-state index contributed by atoms with van der Waals surface area (Å²) in [5.74, 6) is -1.91. The second-order valence-corrected chi connectivity index (χ2v) is 6.45. The molecule has 9 nitrogen and oxygen atoms in total. The smallest absolute Gasteiger partial charge is 0.301 e. The lowest BCUT2D eigenvalue weighted by molar-refractivity contribution is -0.384. The monoisotopic (exact) mass is 402 g/mol. The Labute approximate surface area is 170 Å². The second-order valence-electron chi connectivity index (χ2n) is 6.45. The van der Waals surface area contributed by atoms with Crippen molar-refractivity contribution in [2.45, 2.75) is 6.04 Å². The molecule has 0 bridgehead atoms. The molecule has 9 heteroatoms. The van der Waals surface area contributed by atoms with E-state index >= 15 is 0 Å². The molecule has 1 aliphatic heterocycles. The Balaban J connectivity index is 1.90. The molecule has 0 spiro atoms. The first-order valence-corrected chi connectivity index (χ1v) is 8.86. The van der Waals surface area contributed by atoms with Gasteiger partial charge in [-0.2, -0.15) is 0 Å². The number of aliphatic hydroxyl groups excluding tert-OH is 1. The third kappa shape index (κ3) is 3.18. The summed E-state index contributed by atoms with van der Waals surface area (Å²) in [5.41, 5.74) is 0.371. The van der Waals surface area contributed by atoms with Crippen LogP contribution in [-0.2, 0) is 9.59 Å². The van der Waals surface area contributed by atoms with E-state index in [-0.39, 0.29) is 22.6 Å². The molecule has 1 fully saturated rings. The van der Waals surface area contributed by atoms with Crippen LogP contribution >= 0.6 is 0 Å². The number of nitro groups is 1. The Hall–Kier alpha value is -4.40. The van der Waals surface area contributed by atoms with Crippen LogP contribution in [0, 0.1) is 10.1 Å². The molecule has 4 rings (SSSR count). The lowest BCUT2D eigenvalue weighted by Gasteiger charge is -2.24. The van der Waals surface area contributed by atoms with Gasteiger partial charge in [0.2, 0.25) is 0 Å². The van der Waals surface area contributed by atoms with E-state index in [1.807, 2.05) is 0 Å². The number of Topliss-reactive ketones (excluding diaryl/α,β-unsaturated/α-hetero) is 1. The van der Waals surface area contributed by atoms with Crippen LogP contribution in [0.1, 0.15) is 17.2 Å². The SMILES string of the molecule is O=C1C(=O)N(c2ccccn2)C(c2cccnc2)C1=C(O)c1ccc([N+](=O)[O-])cc1. The summed E-state index contributed by atoms with van der Waals surface area (Å²) in [4.78, 5) is 45.5. The number of rotatable bonds is 4. The van der Waals surface area contributed by atoms with Gasteiger partial charge in [0.05, 0.1) is 16.5 Å². The van der Waals surface area contributed by atoms with Gasteiger partial charge in [-0.25, -0.2) is 4.98 Å². The zero-order valence-electron chi connectivity index (χ0n) is 15.4. The van der Waals surface area contributed by atoms with Gasteiger partial charge in [0.1, 0.15) is 11.6 Å². The minimum atomic E-state index is -0.955. The zero-order chi connectivity index (χ0) is 21.3. The number of hydrogen-bond acceptors (Lipinski definition) is 7. The summed E-state index contributed by atoms with van der Waals surface area (Å²) in [6.45, 7) is 0. The molecule has 1 aromatic carbocycles. The number of non-ortho nitro benzene ring substituents is 1. The van der Waals surface area contributed by atoms with Crippen molar-refractivity contribution in [3.63, 3.8) is 0 Å². The number of nitrogens with zero attached hydrogens (tertiary/aromatic N) is 4. The van der Waals surface area contributed by atoms with Crippen LogP contribution in [0.4, 0.5) is 11.5 Å². The number of hydrogen-bond donors (Lipinski definition) is 1. The second kappa shape index (κ2) is 7.55. The Morgan fingerprint density at radius 3 is 2.40 bits per heavy atom. The molecule has 1 aliphatic rings. The van der Waals surface area contributed by atoms with Gasteiger partial charge in [-0.15, -0.1) is 0 Å². The van der Waals surface area contributed by atoms with E-state index in [1.54, 1.807) is 36.5 Å². The predicted molar refractivity (Wildman–Crippen MR) is 106 cm³/mol. The first-order valence-electron chi connectivity index (χ1n) is 8.86. The van der Waals surface area contributed by atoms with Gasteiger partial charge in [0, 0.05) is 36.3 Å². The van der Waals surface area contributed by atoms with Gasteiger partial charge in [0.15, 0.2) is 0 Å². The number of anilines is 1. The summed E-state index contributed by atoms with van der Waals surface area (Å²) >= 11 is 0. The number of aromatic nitrogens is 2. The van der Waals surface area contributed by atoms with Crippen molar-refractivity contribution in [1.29, 1.82) is 0 Å². The van der Waals surface area contributed by atoms with Crippen LogP contribution in [0.3, 0.4) is 0 Å². The van der Waals surface area contributed by atoms with E-state index in [9.17, 15) is 24.8 Å². The molecule has 3 aromatic rings. The lowest BCUT2D eigenvalue weighted by atomic mass is 9.96. The summed E-state index contributed by atoms with van der Waals surface area (Å²) in [5, 5.41) is 21.8. The van der Waals surface area contributed by atoms with Crippen LogP contribution < -0.4 is 4.90 Å². The van der Waals surface area contributed by atoms with Crippen molar-refractivity contribution in [3.05, 3.63) is 100 Å². The maximum Gasteiger partial charge on any atom is 0.301 e. The van der Waals surface area contributed by atoms with Crippen molar-refractivity contribution in [2.75, 3.05) is 4.90 Å². The molecule has 0 aliphatic carbocycles. The van der Waals surface area contributed by atoms with E-state index in [0.717, 1.165) is 0 Å². The highest BCUT2D eigenvalue weighted by molar-refractivity contribution is 6.51. The van der Waals surface area contributed by atoms with Gasteiger partial charge >= 0.3 is 5.91 Å². The highest BCUT2D eigenvalue weighted by Gasteiger charge is 2.47. The third-order valence-corrected chi connectivity index (χ3v) is 4.69. The maximum atomic E-state index is 12.9. The standard InChI is InChI=1S/C21H14N4O5/c26-19(13-6-8-15(9-7-13)25(29)30)17-18(14-4-3-10-22-12-14)24(21(28)20(17)27)16-5-1-2-11-23-16/h1-12,18,26H. The Kier molecular flexibility index (Phi) is 4.77. The minimum absolute atomic E-state index is 0.146. The van der Waals surface area contributed by atoms with E-state index in [1.165, 1.54) is 41.6 Å². The largest absolute Gasteiger partial charge is 0.507 e. The van der Waals surface area contributed by atoms with Gasteiger partial charge < -0.3 is 5.11 Å². The Morgan fingerprint density at radius 2 is 1.80 bits per heavy atom. The number of carbonyl (C=O) groups excluding carboxylic acids is 2. The minimum Gasteiger partial charge on any atom is -0.507 e. The van der Waals surface area contributed by atoms with Crippen LogP contribution in [-0.4, -0.2) is 31.7 Å². The molecule has 1 saturated heterocycles. The van der Waals surface area contributed by atoms with Gasteiger partial charge in [-0.1, -0.05) is 12.1 Å². The normalized spacial score (nSPS) is 17.9. The molecule has 30 heavy (non-hydrogen) atoms. The first-order chi connectivity index (χ1) is 14.5. The molecule has 0 radical (unpaired) electrons. The fourth-order valence-corrected chi connectivity index (χ4v) is 3.31. The molecule has 1 N–H and O–H groups in total. The van der Waals surface area contributed by atoms with Crippen LogP contribution in [0.2, 0.25) is 0 Å². The molecule has 148 valence electrons. The summed E-state index contributed by atoms with van der Waals surface area (Å²) in [6, 6.07) is 12.4. The van der Waals surface area contributed by atoms with Gasteiger partial charge in [0.25, 0.3) is 11.5 Å². The quantitative estimate of drug-likeness (QED) is 0.234. The molecule has 2 aromatic heterocycles. The molecule has 3 heterocycles. The zero-order valence-corrected chi connectivity index (χ0v) is 15.4. The molecular formula is C21H14N4O5. The van der Waals surface area contributed by atoms with Crippen LogP contribution in [0.5, 0.6) is 0 Å². The van der Waals surface area contributed by atoms with Crippen LogP contribution in [0.25, 0.3) is 5.76 Å². The van der Waals surface area contributed by atoms with Crippen molar-refractivity contribution < 1.29 is 19.6 Å². The van der Waals surface area contributed by atoms with E-state index in [4.69, 9.17) is 0 Å². The molecule has 1 unspecified atom stereocenters. The predicted octanol–water partition coefficient (Wildman–Crippen LogP) is 3.01. The number of ketones is 1. The van der Waals surface area contributed by atoms with Crippen molar-refractivity contribution in [1.82, 2.24) is 9.97 Å². The van der Waals surface area contributed by atoms with Crippen molar-refractivity contribution >= 4 is 29.0 Å². The van der Waals surface area contributed by atoms with Crippen molar-refractivity contribution in [2.24, 2.45) is 0 Å². The fourth-order valence-electron chi connectivity index (χ4n) is 3.31. The van der Waals surface area contributed by atoms with Crippen LogP contribution in [0.15, 0.2) is 78.8 Å². The van der Waals surface area contributed by atoms with E-state index < -0.39 is 28.4 Å². The average molecular weight is 402 g/mol. The Bertz CT molecular complexity index is 1160. The number of amides is 1.